The van der Waals surface area contributed by atoms with E-state index in [9.17, 15) is 18.0 Å². The van der Waals surface area contributed by atoms with Crippen LogP contribution in [0.15, 0.2) is 53.3 Å². The highest BCUT2D eigenvalue weighted by Gasteiger charge is 2.42. The zero-order chi connectivity index (χ0) is 25.5. The number of anilines is 1. The third-order valence-corrected chi connectivity index (χ3v) is 7.11. The number of hydrogen-bond donors (Lipinski definition) is 0. The Morgan fingerprint density at radius 2 is 1.83 bits per heavy atom. The first-order chi connectivity index (χ1) is 17.1. The van der Waals surface area contributed by atoms with Gasteiger partial charge in [0.2, 0.25) is 5.88 Å². The average molecular weight is 520 g/mol. The molecule has 2 aliphatic rings. The van der Waals surface area contributed by atoms with Crippen LogP contribution in [0.1, 0.15) is 37.3 Å². The van der Waals surface area contributed by atoms with Gasteiger partial charge in [-0.15, -0.1) is 0 Å². The van der Waals surface area contributed by atoms with Gasteiger partial charge in [0, 0.05) is 19.0 Å². The Balaban J connectivity index is 1.20. The molecule has 1 fully saturated rings. The maximum Gasteiger partial charge on any atom is 0.417 e. The molecular weight excluding hydrogens is 495 g/mol. The van der Waals surface area contributed by atoms with E-state index in [1.807, 2.05) is 18.2 Å². The first-order valence-electron chi connectivity index (χ1n) is 11.8. The maximum absolute atomic E-state index is 13.1. The molecule has 1 saturated heterocycles. The van der Waals surface area contributed by atoms with Crippen LogP contribution in [0.4, 0.5) is 19.0 Å². The van der Waals surface area contributed by atoms with E-state index in [1.54, 1.807) is 16.7 Å². The number of benzene rings is 2. The van der Waals surface area contributed by atoms with Crippen molar-refractivity contribution in [2.24, 2.45) is 0 Å². The fourth-order valence-corrected chi connectivity index (χ4v) is 5.14. The highest BCUT2D eigenvalue weighted by molar-refractivity contribution is 6.31. The first kappa shape index (κ1) is 24.5. The monoisotopic (exact) mass is 519 g/mol. The molecule has 190 valence electrons. The van der Waals surface area contributed by atoms with Crippen LogP contribution in [0, 0.1) is 0 Å². The summed E-state index contributed by atoms with van der Waals surface area (Å²) in [7, 11) is 0. The van der Waals surface area contributed by atoms with Gasteiger partial charge in [0.25, 0.3) is 0 Å². The summed E-state index contributed by atoms with van der Waals surface area (Å²) in [5.74, 6) is 1.61. The molecule has 0 spiro atoms. The summed E-state index contributed by atoms with van der Waals surface area (Å²) in [5, 5.41) is -0.379. The van der Waals surface area contributed by atoms with Crippen molar-refractivity contribution in [3.05, 3.63) is 75.2 Å². The van der Waals surface area contributed by atoms with Crippen molar-refractivity contribution in [2.45, 2.75) is 50.9 Å². The average Bonchev–Trinajstić information content (AvgIpc) is 3.14. The van der Waals surface area contributed by atoms with Gasteiger partial charge in [-0.1, -0.05) is 23.7 Å². The molecule has 10 heteroatoms. The van der Waals surface area contributed by atoms with E-state index in [1.165, 1.54) is 6.07 Å². The normalized spacial score (nSPS) is 19.1. The Morgan fingerprint density at radius 3 is 2.58 bits per heavy atom. The predicted molar refractivity (Wildman–Crippen MR) is 130 cm³/mol. The number of aromatic nitrogens is 2. The summed E-state index contributed by atoms with van der Waals surface area (Å²) in [6, 6.07) is 12.2. The lowest BCUT2D eigenvalue weighted by Crippen LogP contribution is -2.47. The Hall–Kier alpha value is -3.20. The molecule has 1 atom stereocenters. The van der Waals surface area contributed by atoms with E-state index in [0.717, 1.165) is 49.3 Å². The Kier molecular flexibility index (Phi) is 6.36. The molecule has 0 saturated carbocycles. The molecule has 0 N–H and O–H groups in total. The van der Waals surface area contributed by atoms with Crippen molar-refractivity contribution in [3.8, 4) is 17.4 Å². The van der Waals surface area contributed by atoms with Crippen LogP contribution in [0.3, 0.4) is 0 Å². The fourth-order valence-electron chi connectivity index (χ4n) is 4.92. The summed E-state index contributed by atoms with van der Waals surface area (Å²) in [5.41, 5.74) is -0.346. The van der Waals surface area contributed by atoms with E-state index < -0.39 is 11.7 Å². The number of rotatable bonds is 6. The summed E-state index contributed by atoms with van der Waals surface area (Å²) >= 11 is 5.66. The number of ether oxygens (including phenoxy) is 2. The second-order valence-electron chi connectivity index (χ2n) is 9.41. The molecule has 1 aromatic heterocycles. The van der Waals surface area contributed by atoms with Crippen LogP contribution in [-0.2, 0) is 19.1 Å². The highest BCUT2D eigenvalue weighted by Crippen LogP contribution is 2.40. The van der Waals surface area contributed by atoms with Gasteiger partial charge in [-0.25, -0.2) is 4.79 Å². The second-order valence-corrected chi connectivity index (χ2v) is 9.82. The molecular formula is C26H25ClF3N3O3. The Bertz CT molecular complexity index is 1330. The molecule has 36 heavy (non-hydrogen) atoms. The van der Waals surface area contributed by atoms with E-state index >= 15 is 0 Å². The molecule has 0 radical (unpaired) electrons. The van der Waals surface area contributed by atoms with Crippen molar-refractivity contribution in [1.29, 1.82) is 0 Å². The van der Waals surface area contributed by atoms with Crippen LogP contribution >= 0.6 is 11.6 Å². The van der Waals surface area contributed by atoms with Crippen LogP contribution in [0.5, 0.6) is 17.4 Å². The lowest BCUT2D eigenvalue weighted by Gasteiger charge is -2.40. The molecule has 5 rings (SSSR count). The lowest BCUT2D eigenvalue weighted by molar-refractivity contribution is -0.137. The van der Waals surface area contributed by atoms with Gasteiger partial charge in [-0.3, -0.25) is 4.57 Å². The minimum atomic E-state index is -4.56. The largest absolute Gasteiger partial charge is 0.477 e. The zero-order valence-corrected chi connectivity index (χ0v) is 20.4. The molecule has 3 heterocycles. The van der Waals surface area contributed by atoms with E-state index in [4.69, 9.17) is 21.1 Å². The Morgan fingerprint density at radius 1 is 1.08 bits per heavy atom. The van der Waals surface area contributed by atoms with Gasteiger partial charge in [-0.2, -0.15) is 18.2 Å². The molecule has 0 amide bonds. The SMILES string of the molecule is CC12CCCCN1c1cc(OCCc3ccc(Oc4ccc(Cl)c(C(F)(F)F)c4)cc3)nc(=O)n1C2. The summed E-state index contributed by atoms with van der Waals surface area (Å²) in [6.07, 6.45) is -0.701. The van der Waals surface area contributed by atoms with Gasteiger partial charge in [-0.05, 0) is 62.1 Å². The summed E-state index contributed by atoms with van der Waals surface area (Å²) in [6.45, 7) is 4.08. The molecule has 3 aromatic rings. The molecule has 2 aromatic carbocycles. The van der Waals surface area contributed by atoms with Crippen molar-refractivity contribution in [2.75, 3.05) is 18.1 Å². The molecule has 6 nitrogen and oxygen atoms in total. The highest BCUT2D eigenvalue weighted by atomic mass is 35.5. The van der Waals surface area contributed by atoms with Gasteiger partial charge in [0.05, 0.1) is 29.3 Å². The third kappa shape index (κ3) is 4.89. The van der Waals surface area contributed by atoms with Crippen LogP contribution in [0.2, 0.25) is 5.02 Å². The fraction of sp³-hybridized carbons (Fsp3) is 0.385. The van der Waals surface area contributed by atoms with Crippen LogP contribution in [-0.4, -0.2) is 28.2 Å². The zero-order valence-electron chi connectivity index (χ0n) is 19.6. The van der Waals surface area contributed by atoms with E-state index in [2.05, 4.69) is 16.8 Å². The standard InChI is InChI=1S/C26H25ClF3N3O3/c1-25-11-2-3-12-33(25)23-15-22(31-24(34)32(23)16-25)35-13-10-17-4-6-18(7-5-17)36-19-8-9-21(27)20(14-19)26(28,29)30/h4-9,14-15H,2-3,10-13,16H2,1H3. The van der Waals surface area contributed by atoms with Crippen LogP contribution < -0.4 is 20.1 Å². The van der Waals surface area contributed by atoms with E-state index in [-0.39, 0.29) is 22.0 Å². The lowest BCUT2D eigenvalue weighted by atomic mass is 9.90. The number of halogens is 4. The number of hydrogen-bond acceptors (Lipinski definition) is 5. The smallest absolute Gasteiger partial charge is 0.417 e. The predicted octanol–water partition coefficient (Wildman–Crippen LogP) is 6.09. The molecule has 0 aliphatic carbocycles. The number of nitrogens with zero attached hydrogens (tertiary/aromatic N) is 3. The molecule has 2 aliphatic heterocycles. The molecule has 1 unspecified atom stereocenters. The number of piperidine rings is 1. The van der Waals surface area contributed by atoms with Crippen molar-refractivity contribution < 1.29 is 22.6 Å². The van der Waals surface area contributed by atoms with Gasteiger partial charge >= 0.3 is 11.9 Å². The quantitative estimate of drug-likeness (QED) is 0.394. The van der Waals surface area contributed by atoms with E-state index in [0.29, 0.717) is 31.2 Å². The van der Waals surface area contributed by atoms with Crippen molar-refractivity contribution >= 4 is 17.4 Å². The number of alkyl halides is 3. The van der Waals surface area contributed by atoms with Gasteiger partial charge in [0.15, 0.2) is 0 Å². The Labute approximate surface area is 211 Å². The minimum Gasteiger partial charge on any atom is -0.477 e. The topological polar surface area (TPSA) is 56.6 Å². The van der Waals surface area contributed by atoms with Gasteiger partial charge in [0.1, 0.15) is 17.3 Å². The van der Waals surface area contributed by atoms with Crippen molar-refractivity contribution in [1.82, 2.24) is 9.55 Å². The first-order valence-corrected chi connectivity index (χ1v) is 12.2. The second kappa shape index (κ2) is 9.35. The summed E-state index contributed by atoms with van der Waals surface area (Å²) < 4.78 is 52.3. The minimum absolute atomic E-state index is 0.0431. The maximum atomic E-state index is 13.1. The van der Waals surface area contributed by atoms with Crippen molar-refractivity contribution in [3.63, 3.8) is 0 Å². The molecule has 0 bridgehead atoms. The number of fused-ring (bicyclic) bond motifs is 3. The van der Waals surface area contributed by atoms with Gasteiger partial charge < -0.3 is 14.4 Å². The van der Waals surface area contributed by atoms with Crippen LogP contribution in [0.25, 0.3) is 0 Å². The summed E-state index contributed by atoms with van der Waals surface area (Å²) in [4.78, 5) is 19.0. The third-order valence-electron chi connectivity index (χ3n) is 6.78.